The Morgan fingerprint density at radius 3 is 2.24 bits per heavy atom. The number of aromatic nitrogens is 3. The van der Waals surface area contributed by atoms with Crippen LogP contribution in [0, 0.1) is 0 Å². The van der Waals surface area contributed by atoms with Crippen LogP contribution in [0.5, 0.6) is 0 Å². The number of anilines is 2. The Morgan fingerprint density at radius 2 is 1.52 bits per heavy atom. The zero-order valence-electron chi connectivity index (χ0n) is 22.0. The first-order valence-electron chi connectivity index (χ1n) is 13.0. The van der Waals surface area contributed by atoms with Crippen molar-refractivity contribution in [2.75, 3.05) is 11.9 Å². The van der Waals surface area contributed by atoms with E-state index in [2.05, 4.69) is 20.3 Å². The second-order valence-corrected chi connectivity index (χ2v) is 9.46. The molecule has 3 aromatic carbocycles. The molecule has 1 N–H and O–H groups in total. The van der Waals surface area contributed by atoms with Crippen molar-refractivity contribution in [3.05, 3.63) is 114 Å². The Morgan fingerprint density at radius 1 is 0.762 bits per heavy atom. The first-order valence-corrected chi connectivity index (χ1v) is 13.0. The highest BCUT2D eigenvalue weighted by atomic mass is 19.4. The molecule has 11 heteroatoms. The van der Waals surface area contributed by atoms with Gasteiger partial charge in [0.05, 0.1) is 28.9 Å². The molecule has 0 bridgehead atoms. The third-order valence-corrected chi connectivity index (χ3v) is 6.41. The normalized spacial score (nSPS) is 12.0. The van der Waals surface area contributed by atoms with E-state index >= 15 is 0 Å². The highest BCUT2D eigenvalue weighted by Crippen LogP contribution is 2.37. The van der Waals surface area contributed by atoms with E-state index in [0.717, 1.165) is 23.8 Å². The number of alkyl halides is 6. The van der Waals surface area contributed by atoms with Gasteiger partial charge in [-0.2, -0.15) is 26.3 Å². The minimum absolute atomic E-state index is 0.215. The third kappa shape index (κ3) is 7.03. The summed E-state index contributed by atoms with van der Waals surface area (Å²) in [5.74, 6) is 0.706. The molecule has 0 atom stereocenters. The van der Waals surface area contributed by atoms with Gasteiger partial charge in [-0.3, -0.25) is 4.98 Å². The number of hydrogen-bond acceptors (Lipinski definition) is 5. The lowest BCUT2D eigenvalue weighted by atomic mass is 10.0. The van der Waals surface area contributed by atoms with Crippen LogP contribution in [0.15, 0.2) is 91.1 Å². The highest BCUT2D eigenvalue weighted by molar-refractivity contribution is 5.93. The van der Waals surface area contributed by atoms with Gasteiger partial charge in [-0.1, -0.05) is 36.4 Å². The summed E-state index contributed by atoms with van der Waals surface area (Å²) in [5.41, 5.74) is 0.0480. The number of hydrogen-bond donors (Lipinski definition) is 1. The van der Waals surface area contributed by atoms with E-state index < -0.39 is 23.5 Å². The molecule has 0 amide bonds. The molecule has 5 nitrogen and oxygen atoms in total. The van der Waals surface area contributed by atoms with Crippen LogP contribution in [0.25, 0.3) is 22.2 Å². The summed E-state index contributed by atoms with van der Waals surface area (Å²) in [6.07, 6.45) is -6.84. The zero-order chi connectivity index (χ0) is 29.7. The van der Waals surface area contributed by atoms with Crippen LogP contribution in [0.1, 0.15) is 28.9 Å². The van der Waals surface area contributed by atoms with Crippen molar-refractivity contribution < 1.29 is 31.1 Å². The molecule has 0 aliphatic heterocycles. The number of nitrogens with one attached hydrogen (secondary N) is 1. The second kappa shape index (κ2) is 12.2. The van der Waals surface area contributed by atoms with Gasteiger partial charge >= 0.3 is 12.4 Å². The second-order valence-electron chi connectivity index (χ2n) is 9.46. The van der Waals surface area contributed by atoms with Gasteiger partial charge < -0.3 is 10.1 Å². The molecular formula is C31H24F6N4O. The maximum absolute atomic E-state index is 13.7. The van der Waals surface area contributed by atoms with Crippen LogP contribution in [0.4, 0.5) is 37.8 Å². The maximum atomic E-state index is 13.7. The van der Waals surface area contributed by atoms with E-state index in [4.69, 9.17) is 4.74 Å². The summed E-state index contributed by atoms with van der Waals surface area (Å²) < 4.78 is 85.8. The number of pyridine rings is 1. The third-order valence-electron chi connectivity index (χ3n) is 6.41. The fourth-order valence-electron chi connectivity index (χ4n) is 4.37. The quantitative estimate of drug-likeness (QED) is 0.139. The summed E-state index contributed by atoms with van der Waals surface area (Å²) in [5, 5.41) is 3.52. The Kier molecular flexibility index (Phi) is 8.39. The van der Waals surface area contributed by atoms with E-state index in [1.165, 1.54) is 36.5 Å². The van der Waals surface area contributed by atoms with Gasteiger partial charge in [-0.15, -0.1) is 0 Å². The molecular weight excluding hydrogens is 558 g/mol. The van der Waals surface area contributed by atoms with Gasteiger partial charge in [-0.05, 0) is 60.5 Å². The number of benzene rings is 3. The first kappa shape index (κ1) is 29.0. The average Bonchev–Trinajstić information content (AvgIpc) is 2.96. The van der Waals surface area contributed by atoms with Gasteiger partial charge in [0, 0.05) is 35.9 Å². The van der Waals surface area contributed by atoms with E-state index in [0.29, 0.717) is 54.3 Å². The van der Waals surface area contributed by atoms with Crippen LogP contribution >= 0.6 is 0 Å². The van der Waals surface area contributed by atoms with Crippen molar-refractivity contribution in [1.29, 1.82) is 0 Å². The molecule has 0 saturated heterocycles. The van der Waals surface area contributed by atoms with E-state index in [1.54, 1.807) is 6.07 Å². The summed E-state index contributed by atoms with van der Waals surface area (Å²) in [6, 6.07) is 20.9. The number of aryl methyl sites for hydroxylation is 1. The fourth-order valence-corrected chi connectivity index (χ4v) is 4.37. The standard InChI is InChI=1S/C31H24F6N4O/c32-30(33,34)22-11-13-23(14-12-22)39-29-24-15-10-21(28-25(31(35,36)37)8-4-16-38-28)18-26(24)40-27(41-29)9-5-17-42-19-20-6-2-1-3-7-20/h1-4,6-8,10-16,18H,5,9,17,19H2,(H,39,40,41). The predicted octanol–water partition coefficient (Wildman–Crippen LogP) is 8.62. The molecule has 2 aromatic heterocycles. The van der Waals surface area contributed by atoms with Gasteiger partial charge in [0.15, 0.2) is 0 Å². The lowest BCUT2D eigenvalue weighted by molar-refractivity contribution is -0.138. The number of fused-ring (bicyclic) bond motifs is 1. The molecule has 5 aromatic rings. The number of ether oxygens (including phenoxy) is 1. The number of rotatable bonds is 9. The molecule has 0 spiro atoms. The Hall–Kier alpha value is -4.51. The van der Waals surface area contributed by atoms with E-state index in [-0.39, 0.29) is 11.3 Å². The van der Waals surface area contributed by atoms with Crippen molar-refractivity contribution in [2.24, 2.45) is 0 Å². The molecule has 0 unspecified atom stereocenters. The van der Waals surface area contributed by atoms with Crippen LogP contribution in [-0.4, -0.2) is 21.6 Å². The Labute approximate surface area is 237 Å². The van der Waals surface area contributed by atoms with E-state index in [1.807, 2.05) is 30.3 Å². The smallest absolute Gasteiger partial charge is 0.377 e. The van der Waals surface area contributed by atoms with Crippen molar-refractivity contribution in [3.8, 4) is 11.3 Å². The van der Waals surface area contributed by atoms with Crippen LogP contribution in [0.3, 0.4) is 0 Å². The minimum atomic E-state index is -4.61. The lowest BCUT2D eigenvalue weighted by Crippen LogP contribution is -2.08. The molecule has 0 aliphatic carbocycles. The number of nitrogens with zero attached hydrogens (tertiary/aromatic N) is 3. The molecule has 0 saturated carbocycles. The first-order chi connectivity index (χ1) is 20.1. The summed E-state index contributed by atoms with van der Waals surface area (Å²) in [6.45, 7) is 0.857. The minimum Gasteiger partial charge on any atom is -0.377 e. The lowest BCUT2D eigenvalue weighted by Gasteiger charge is -2.14. The Bertz CT molecular complexity index is 1660. The predicted molar refractivity (Wildman–Crippen MR) is 147 cm³/mol. The molecule has 0 aliphatic rings. The molecule has 42 heavy (non-hydrogen) atoms. The van der Waals surface area contributed by atoms with Crippen LogP contribution in [-0.2, 0) is 30.1 Å². The summed E-state index contributed by atoms with van der Waals surface area (Å²) >= 11 is 0. The van der Waals surface area contributed by atoms with Crippen LogP contribution < -0.4 is 5.32 Å². The Balaban J connectivity index is 1.44. The molecule has 0 radical (unpaired) electrons. The van der Waals surface area contributed by atoms with Crippen molar-refractivity contribution in [2.45, 2.75) is 31.8 Å². The van der Waals surface area contributed by atoms with Gasteiger partial charge in [-0.25, -0.2) is 9.97 Å². The fraction of sp³-hybridized carbons (Fsp3) is 0.194. The molecule has 0 fully saturated rings. The van der Waals surface area contributed by atoms with Gasteiger partial charge in [0.25, 0.3) is 0 Å². The monoisotopic (exact) mass is 582 g/mol. The van der Waals surface area contributed by atoms with Gasteiger partial charge in [0.1, 0.15) is 11.6 Å². The summed E-state index contributed by atoms with van der Waals surface area (Å²) in [7, 11) is 0. The molecule has 5 rings (SSSR count). The van der Waals surface area contributed by atoms with Crippen molar-refractivity contribution in [1.82, 2.24) is 15.0 Å². The maximum Gasteiger partial charge on any atom is 0.418 e. The average molecular weight is 583 g/mol. The SMILES string of the molecule is FC(F)(F)c1ccc(Nc2nc(CCCOCc3ccccc3)nc3cc(-c4ncccc4C(F)(F)F)ccc23)cc1. The zero-order valence-corrected chi connectivity index (χ0v) is 22.0. The van der Waals surface area contributed by atoms with Crippen molar-refractivity contribution >= 4 is 22.4 Å². The van der Waals surface area contributed by atoms with E-state index in [9.17, 15) is 26.3 Å². The van der Waals surface area contributed by atoms with Gasteiger partial charge in [0.2, 0.25) is 0 Å². The number of halogens is 6. The highest BCUT2D eigenvalue weighted by Gasteiger charge is 2.34. The van der Waals surface area contributed by atoms with Crippen molar-refractivity contribution in [3.63, 3.8) is 0 Å². The molecule has 216 valence electrons. The largest absolute Gasteiger partial charge is 0.418 e. The molecule has 2 heterocycles. The topological polar surface area (TPSA) is 59.9 Å². The summed E-state index contributed by atoms with van der Waals surface area (Å²) in [4.78, 5) is 13.2. The van der Waals surface area contributed by atoms with Crippen LogP contribution in [0.2, 0.25) is 0 Å².